The predicted molar refractivity (Wildman–Crippen MR) is 103 cm³/mol. The van der Waals surface area contributed by atoms with Gasteiger partial charge in [0.1, 0.15) is 11.4 Å². The molecule has 2 aliphatic heterocycles. The number of fused-ring (bicyclic) bond motifs is 3. The maximum Gasteiger partial charge on any atom is 0.323 e. The summed E-state index contributed by atoms with van der Waals surface area (Å²) in [6, 6.07) is 9.20. The molecule has 4 heterocycles. The molecule has 4 N–H and O–H groups in total. The topological polar surface area (TPSA) is 114 Å². The van der Waals surface area contributed by atoms with E-state index in [-0.39, 0.29) is 30.2 Å². The third-order valence-electron chi connectivity index (χ3n) is 6.02. The molecule has 2 atom stereocenters. The summed E-state index contributed by atoms with van der Waals surface area (Å²) >= 11 is 0. The zero-order chi connectivity index (χ0) is 19.3. The van der Waals surface area contributed by atoms with Crippen LogP contribution >= 0.6 is 0 Å². The Labute approximate surface area is 160 Å². The summed E-state index contributed by atoms with van der Waals surface area (Å²) < 4.78 is 5.46. The summed E-state index contributed by atoms with van der Waals surface area (Å²) in [6.07, 6.45) is 4.67. The molecular formula is C20H22N4O4. The van der Waals surface area contributed by atoms with Crippen molar-refractivity contribution in [1.82, 2.24) is 14.9 Å². The van der Waals surface area contributed by atoms with E-state index >= 15 is 0 Å². The number of aromatic nitrogens is 2. The van der Waals surface area contributed by atoms with Crippen molar-refractivity contribution in [2.24, 2.45) is 0 Å². The highest BCUT2D eigenvalue weighted by Crippen LogP contribution is 2.45. The first-order valence-corrected chi connectivity index (χ1v) is 9.54. The van der Waals surface area contributed by atoms with E-state index < -0.39 is 5.60 Å². The van der Waals surface area contributed by atoms with Crippen LogP contribution in [0.25, 0.3) is 11.0 Å². The van der Waals surface area contributed by atoms with Crippen molar-refractivity contribution in [1.29, 1.82) is 0 Å². The van der Waals surface area contributed by atoms with Gasteiger partial charge in [-0.15, -0.1) is 0 Å². The van der Waals surface area contributed by atoms with Gasteiger partial charge in [-0.05, 0) is 56.0 Å². The molecule has 0 aliphatic carbocycles. The largest absolute Gasteiger partial charge is 0.466 e. The molecule has 2 fully saturated rings. The minimum absolute atomic E-state index is 0.0995. The van der Waals surface area contributed by atoms with Crippen molar-refractivity contribution < 1.29 is 14.3 Å². The normalized spacial score (nSPS) is 27.3. The van der Waals surface area contributed by atoms with Gasteiger partial charge in [-0.1, -0.05) is 0 Å². The Morgan fingerprint density at radius 1 is 1.21 bits per heavy atom. The number of piperidine rings is 1. The van der Waals surface area contributed by atoms with Crippen LogP contribution in [0.5, 0.6) is 0 Å². The molecule has 0 radical (unpaired) electrons. The van der Waals surface area contributed by atoms with Gasteiger partial charge in [-0.3, -0.25) is 9.69 Å². The van der Waals surface area contributed by atoms with Crippen molar-refractivity contribution in [3.05, 3.63) is 52.8 Å². The summed E-state index contributed by atoms with van der Waals surface area (Å²) in [5.74, 6) is 0.514. The van der Waals surface area contributed by atoms with Gasteiger partial charge in [0, 0.05) is 17.8 Å². The molecule has 0 saturated carbocycles. The zero-order valence-corrected chi connectivity index (χ0v) is 15.3. The molecule has 2 bridgehead atoms. The van der Waals surface area contributed by atoms with Crippen LogP contribution in [-0.4, -0.2) is 44.5 Å². The molecule has 28 heavy (non-hydrogen) atoms. The van der Waals surface area contributed by atoms with Gasteiger partial charge in [0.25, 0.3) is 0 Å². The van der Waals surface area contributed by atoms with Crippen LogP contribution in [0.15, 0.2) is 45.8 Å². The number of carbonyl (C=O) groups excluding carboxylic acids is 1. The molecule has 0 unspecified atom stereocenters. The van der Waals surface area contributed by atoms with Crippen LogP contribution in [-0.2, 0) is 10.4 Å². The Hall–Kier alpha value is -2.84. The molecule has 8 heteroatoms. The number of hydrogen-bond acceptors (Lipinski definition) is 5. The van der Waals surface area contributed by atoms with Gasteiger partial charge in [0.15, 0.2) is 0 Å². The van der Waals surface area contributed by atoms with Crippen molar-refractivity contribution in [2.45, 2.75) is 43.4 Å². The average molecular weight is 382 g/mol. The number of aromatic amines is 2. The van der Waals surface area contributed by atoms with Crippen molar-refractivity contribution in [3.63, 3.8) is 0 Å². The molecule has 2 aromatic heterocycles. The lowest BCUT2D eigenvalue weighted by Crippen LogP contribution is -2.51. The Balaban J connectivity index is 1.27. The van der Waals surface area contributed by atoms with Gasteiger partial charge in [0.2, 0.25) is 5.91 Å². The SMILES string of the molecule is O=C(CN1[C@H]2CC[C@H]1CC(O)(c1ccco1)C2)Nc1ccc2[nH]c(=O)[nH]c2c1. The zero-order valence-electron chi connectivity index (χ0n) is 15.3. The summed E-state index contributed by atoms with van der Waals surface area (Å²) in [5.41, 5.74) is 0.781. The molecule has 1 amide bonds. The quantitative estimate of drug-likeness (QED) is 0.550. The fourth-order valence-corrected chi connectivity index (χ4v) is 4.80. The molecule has 2 aliphatic rings. The van der Waals surface area contributed by atoms with Gasteiger partial charge in [-0.25, -0.2) is 4.79 Å². The number of furan rings is 1. The van der Waals surface area contributed by atoms with Crippen LogP contribution in [0.3, 0.4) is 0 Å². The van der Waals surface area contributed by atoms with Crippen LogP contribution < -0.4 is 11.0 Å². The highest BCUT2D eigenvalue weighted by molar-refractivity contribution is 5.94. The number of anilines is 1. The minimum atomic E-state index is -0.951. The van der Waals surface area contributed by atoms with Gasteiger partial charge in [0.05, 0.1) is 23.8 Å². The van der Waals surface area contributed by atoms with E-state index in [9.17, 15) is 14.7 Å². The van der Waals surface area contributed by atoms with E-state index in [1.165, 1.54) is 0 Å². The molecular weight excluding hydrogens is 360 g/mol. The lowest BCUT2D eigenvalue weighted by Gasteiger charge is -2.42. The first-order chi connectivity index (χ1) is 13.5. The summed E-state index contributed by atoms with van der Waals surface area (Å²) in [4.78, 5) is 31.6. The maximum absolute atomic E-state index is 12.6. The van der Waals surface area contributed by atoms with E-state index in [0.29, 0.717) is 35.3 Å². The van der Waals surface area contributed by atoms with Gasteiger partial charge >= 0.3 is 5.69 Å². The highest BCUT2D eigenvalue weighted by atomic mass is 16.4. The van der Waals surface area contributed by atoms with Crippen molar-refractivity contribution >= 4 is 22.6 Å². The number of rotatable bonds is 4. The third-order valence-corrected chi connectivity index (χ3v) is 6.02. The van der Waals surface area contributed by atoms with E-state index in [2.05, 4.69) is 20.2 Å². The first-order valence-electron chi connectivity index (χ1n) is 9.54. The minimum Gasteiger partial charge on any atom is -0.466 e. The number of benzene rings is 1. The number of imidazole rings is 1. The summed E-state index contributed by atoms with van der Waals surface area (Å²) in [7, 11) is 0. The Morgan fingerprint density at radius 2 is 1.96 bits per heavy atom. The summed E-state index contributed by atoms with van der Waals surface area (Å²) in [6.45, 7) is 0.283. The fraction of sp³-hybridized carbons (Fsp3) is 0.400. The molecule has 0 spiro atoms. The van der Waals surface area contributed by atoms with E-state index in [1.807, 2.05) is 6.07 Å². The first kappa shape index (κ1) is 17.3. The molecule has 146 valence electrons. The van der Waals surface area contributed by atoms with Crippen LogP contribution in [0.1, 0.15) is 31.4 Å². The Morgan fingerprint density at radius 3 is 2.68 bits per heavy atom. The number of nitrogens with zero attached hydrogens (tertiary/aromatic N) is 1. The summed E-state index contributed by atoms with van der Waals surface area (Å²) in [5, 5.41) is 14.0. The maximum atomic E-state index is 12.6. The molecule has 2 saturated heterocycles. The van der Waals surface area contributed by atoms with Crippen molar-refractivity contribution in [2.75, 3.05) is 11.9 Å². The molecule has 1 aromatic carbocycles. The van der Waals surface area contributed by atoms with Gasteiger partial charge < -0.3 is 24.8 Å². The highest BCUT2D eigenvalue weighted by Gasteiger charge is 2.49. The lowest BCUT2D eigenvalue weighted by molar-refractivity contribution is -0.121. The molecule has 8 nitrogen and oxygen atoms in total. The number of nitrogens with one attached hydrogen (secondary N) is 3. The standard InChI is InChI=1S/C20H22N4O4/c25-18(21-12-3-6-15-16(8-12)23-19(26)22-15)11-24-13-4-5-14(24)10-20(27,9-13)17-2-1-7-28-17/h1-3,6-8,13-14,27H,4-5,9-11H2,(H,21,25)(H2,22,23,26)/t13-,14-/m0/s1. The fourth-order valence-electron chi connectivity index (χ4n) is 4.80. The van der Waals surface area contributed by atoms with Crippen molar-refractivity contribution in [3.8, 4) is 0 Å². The van der Waals surface area contributed by atoms with E-state index in [1.54, 1.807) is 30.5 Å². The monoisotopic (exact) mass is 382 g/mol. The average Bonchev–Trinajstić information content (AvgIpc) is 3.35. The Bertz CT molecular complexity index is 1050. The van der Waals surface area contributed by atoms with Crippen LogP contribution in [0.2, 0.25) is 0 Å². The molecule has 3 aromatic rings. The van der Waals surface area contributed by atoms with E-state index in [4.69, 9.17) is 4.42 Å². The second-order valence-corrected chi connectivity index (χ2v) is 7.86. The number of aliphatic hydroxyl groups is 1. The molecule has 5 rings (SSSR count). The lowest BCUT2D eigenvalue weighted by atomic mass is 9.84. The third kappa shape index (κ3) is 2.94. The number of hydrogen-bond donors (Lipinski definition) is 4. The smallest absolute Gasteiger partial charge is 0.323 e. The number of amides is 1. The van der Waals surface area contributed by atoms with Gasteiger partial charge in [-0.2, -0.15) is 0 Å². The van der Waals surface area contributed by atoms with E-state index in [0.717, 1.165) is 12.8 Å². The predicted octanol–water partition coefficient (Wildman–Crippen LogP) is 1.90. The number of H-pyrrole nitrogens is 2. The Kier molecular flexibility index (Phi) is 3.92. The second kappa shape index (κ2) is 6.35. The van der Waals surface area contributed by atoms with Crippen LogP contribution in [0.4, 0.5) is 5.69 Å². The van der Waals surface area contributed by atoms with Crippen LogP contribution in [0, 0.1) is 0 Å². The number of carbonyl (C=O) groups is 1. The second-order valence-electron chi connectivity index (χ2n) is 7.86.